The third kappa shape index (κ3) is 3.05. The van der Waals surface area contributed by atoms with Crippen LogP contribution < -0.4 is 0 Å². The molecule has 0 amide bonds. The van der Waals surface area contributed by atoms with Crippen LogP contribution in [0.1, 0.15) is 38.2 Å². The van der Waals surface area contributed by atoms with Gasteiger partial charge >= 0.3 is 5.97 Å². The fourth-order valence-corrected chi connectivity index (χ4v) is 3.13. The summed E-state index contributed by atoms with van der Waals surface area (Å²) in [5.41, 5.74) is 0.617. The van der Waals surface area contributed by atoms with Crippen molar-refractivity contribution in [2.24, 2.45) is 11.3 Å². The van der Waals surface area contributed by atoms with E-state index in [2.05, 4.69) is 53.8 Å². The van der Waals surface area contributed by atoms with Gasteiger partial charge in [-0.3, -0.25) is 4.79 Å². The second kappa shape index (κ2) is 5.59. The number of carboxylic acid groups (broad SMARTS) is 1. The van der Waals surface area contributed by atoms with E-state index in [1.165, 1.54) is 3.57 Å². The Labute approximate surface area is 122 Å². The number of benzene rings is 1. The maximum absolute atomic E-state index is 11.7. The average Bonchev–Trinajstić information content (AvgIpc) is 2.35. The predicted molar refractivity (Wildman–Crippen MR) is 80.6 cm³/mol. The van der Waals surface area contributed by atoms with Crippen LogP contribution in [0.2, 0.25) is 0 Å². The average molecular weight is 358 g/mol. The van der Waals surface area contributed by atoms with Crippen molar-refractivity contribution in [3.05, 3.63) is 33.4 Å². The van der Waals surface area contributed by atoms with Crippen molar-refractivity contribution in [1.82, 2.24) is 0 Å². The third-order valence-corrected chi connectivity index (χ3v) is 4.86. The van der Waals surface area contributed by atoms with Crippen molar-refractivity contribution in [3.63, 3.8) is 0 Å². The van der Waals surface area contributed by atoms with Crippen molar-refractivity contribution < 1.29 is 9.90 Å². The zero-order chi connectivity index (χ0) is 13.2. The van der Waals surface area contributed by atoms with Gasteiger partial charge in [0.1, 0.15) is 0 Å². The predicted octanol–water partition coefficient (Wildman–Crippen LogP) is 4.11. The molecule has 1 aromatic rings. The van der Waals surface area contributed by atoms with Crippen LogP contribution in [-0.2, 0) is 11.2 Å². The third-order valence-electron chi connectivity index (χ3n) is 4.14. The van der Waals surface area contributed by atoms with Crippen molar-refractivity contribution in [1.29, 1.82) is 0 Å². The first-order valence-corrected chi connectivity index (χ1v) is 7.57. The van der Waals surface area contributed by atoms with Gasteiger partial charge < -0.3 is 5.11 Å². The smallest absolute Gasteiger partial charge is 0.309 e. The zero-order valence-corrected chi connectivity index (χ0v) is 12.8. The fourth-order valence-electron chi connectivity index (χ4n) is 2.77. The SMILES string of the molecule is CC1CCC(Cc2ccc(I)cc2)(C(=O)O)CC1. The molecule has 1 fully saturated rings. The van der Waals surface area contributed by atoms with E-state index in [0.717, 1.165) is 31.2 Å². The number of rotatable bonds is 3. The summed E-state index contributed by atoms with van der Waals surface area (Å²) in [4.78, 5) is 11.7. The summed E-state index contributed by atoms with van der Waals surface area (Å²) in [6.07, 6.45) is 4.38. The van der Waals surface area contributed by atoms with Crippen LogP contribution in [0.15, 0.2) is 24.3 Å². The van der Waals surface area contributed by atoms with E-state index in [9.17, 15) is 9.90 Å². The second-order valence-corrected chi connectivity index (χ2v) is 6.82. The Morgan fingerprint density at radius 1 is 1.33 bits per heavy atom. The number of carboxylic acids is 1. The summed E-state index contributed by atoms with van der Waals surface area (Å²) in [7, 11) is 0. The summed E-state index contributed by atoms with van der Waals surface area (Å²) < 4.78 is 1.19. The highest BCUT2D eigenvalue weighted by Gasteiger charge is 2.41. The van der Waals surface area contributed by atoms with Crippen molar-refractivity contribution >= 4 is 28.6 Å². The van der Waals surface area contributed by atoms with E-state index in [1.54, 1.807) is 0 Å². The van der Waals surface area contributed by atoms with E-state index in [1.807, 2.05) is 0 Å². The highest BCUT2D eigenvalue weighted by atomic mass is 127. The van der Waals surface area contributed by atoms with Gasteiger partial charge in [0.25, 0.3) is 0 Å². The molecule has 0 unspecified atom stereocenters. The van der Waals surface area contributed by atoms with Gasteiger partial charge in [-0.05, 0) is 78.3 Å². The maximum Gasteiger partial charge on any atom is 0.309 e. The minimum atomic E-state index is -0.618. The lowest BCUT2D eigenvalue weighted by Crippen LogP contribution is -2.37. The minimum absolute atomic E-state index is 0.528. The molecule has 0 saturated heterocycles. The lowest BCUT2D eigenvalue weighted by molar-refractivity contribution is -0.151. The summed E-state index contributed by atoms with van der Waals surface area (Å²) in [5.74, 6) is 0.0575. The van der Waals surface area contributed by atoms with Crippen LogP contribution in [0, 0.1) is 14.9 Å². The Hall–Kier alpha value is -0.580. The molecule has 0 aromatic heterocycles. The van der Waals surface area contributed by atoms with Gasteiger partial charge in [-0.2, -0.15) is 0 Å². The molecule has 0 heterocycles. The van der Waals surface area contributed by atoms with E-state index >= 15 is 0 Å². The van der Waals surface area contributed by atoms with Crippen molar-refractivity contribution in [2.45, 2.75) is 39.0 Å². The number of halogens is 1. The summed E-state index contributed by atoms with van der Waals surface area (Å²) in [6.45, 7) is 2.22. The quantitative estimate of drug-likeness (QED) is 0.826. The molecule has 1 aliphatic rings. The molecule has 98 valence electrons. The molecule has 0 atom stereocenters. The first-order chi connectivity index (χ1) is 8.52. The number of carbonyl (C=O) groups is 1. The van der Waals surface area contributed by atoms with Gasteiger partial charge in [0.05, 0.1) is 5.41 Å². The van der Waals surface area contributed by atoms with Crippen molar-refractivity contribution in [2.75, 3.05) is 0 Å². The monoisotopic (exact) mass is 358 g/mol. The lowest BCUT2D eigenvalue weighted by Gasteiger charge is -2.36. The van der Waals surface area contributed by atoms with E-state index < -0.39 is 11.4 Å². The molecule has 0 radical (unpaired) electrons. The van der Waals surface area contributed by atoms with Gasteiger partial charge in [-0.25, -0.2) is 0 Å². The van der Waals surface area contributed by atoms with Gasteiger partial charge in [0.15, 0.2) is 0 Å². The Morgan fingerprint density at radius 2 is 1.89 bits per heavy atom. The lowest BCUT2D eigenvalue weighted by atomic mass is 9.68. The van der Waals surface area contributed by atoms with Crippen LogP contribution in [0.4, 0.5) is 0 Å². The van der Waals surface area contributed by atoms with Gasteiger partial charge in [-0.1, -0.05) is 19.1 Å². The Morgan fingerprint density at radius 3 is 2.39 bits per heavy atom. The zero-order valence-electron chi connectivity index (χ0n) is 10.7. The minimum Gasteiger partial charge on any atom is -0.481 e. The first kappa shape index (κ1) is 13.8. The summed E-state index contributed by atoms with van der Waals surface area (Å²) in [6, 6.07) is 8.22. The summed E-state index contributed by atoms with van der Waals surface area (Å²) >= 11 is 2.27. The Kier molecular flexibility index (Phi) is 4.30. The topological polar surface area (TPSA) is 37.3 Å². The Bertz CT molecular complexity index is 417. The molecule has 1 aliphatic carbocycles. The van der Waals surface area contributed by atoms with Crippen LogP contribution in [0.5, 0.6) is 0 Å². The highest BCUT2D eigenvalue weighted by molar-refractivity contribution is 14.1. The van der Waals surface area contributed by atoms with Gasteiger partial charge in [0.2, 0.25) is 0 Å². The number of hydrogen-bond acceptors (Lipinski definition) is 1. The molecule has 0 spiro atoms. The maximum atomic E-state index is 11.7. The molecule has 18 heavy (non-hydrogen) atoms. The summed E-state index contributed by atoms with van der Waals surface area (Å²) in [5, 5.41) is 9.59. The van der Waals surface area contributed by atoms with Crippen LogP contribution in [-0.4, -0.2) is 11.1 Å². The largest absolute Gasteiger partial charge is 0.481 e. The van der Waals surface area contributed by atoms with Crippen LogP contribution in [0.3, 0.4) is 0 Å². The Balaban J connectivity index is 2.16. The number of aliphatic carboxylic acids is 1. The number of hydrogen-bond donors (Lipinski definition) is 1. The fraction of sp³-hybridized carbons (Fsp3) is 0.533. The van der Waals surface area contributed by atoms with Crippen molar-refractivity contribution in [3.8, 4) is 0 Å². The molecule has 1 aromatic carbocycles. The molecule has 2 nitrogen and oxygen atoms in total. The molecular formula is C15H19IO2. The van der Waals surface area contributed by atoms with Gasteiger partial charge in [0, 0.05) is 3.57 Å². The molecular weight excluding hydrogens is 339 g/mol. The van der Waals surface area contributed by atoms with E-state index in [4.69, 9.17) is 0 Å². The normalized spacial score (nSPS) is 28.0. The molecule has 2 rings (SSSR count). The van der Waals surface area contributed by atoms with E-state index in [-0.39, 0.29) is 0 Å². The van der Waals surface area contributed by atoms with Gasteiger partial charge in [-0.15, -0.1) is 0 Å². The van der Waals surface area contributed by atoms with E-state index in [0.29, 0.717) is 12.3 Å². The first-order valence-electron chi connectivity index (χ1n) is 6.50. The molecule has 0 aliphatic heterocycles. The molecule has 1 N–H and O–H groups in total. The van der Waals surface area contributed by atoms with Crippen LogP contribution in [0.25, 0.3) is 0 Å². The molecule has 3 heteroatoms. The molecule has 0 bridgehead atoms. The standard InChI is InChI=1S/C15H19IO2/c1-11-6-8-15(9-7-11,14(17)18)10-12-2-4-13(16)5-3-12/h2-5,11H,6-10H2,1H3,(H,17,18). The highest BCUT2D eigenvalue weighted by Crippen LogP contribution is 2.41. The van der Waals surface area contributed by atoms with Crippen LogP contribution >= 0.6 is 22.6 Å². The molecule has 1 saturated carbocycles. The second-order valence-electron chi connectivity index (χ2n) is 5.57.